The second kappa shape index (κ2) is 7.50. The Labute approximate surface area is 126 Å². The van der Waals surface area contributed by atoms with E-state index in [2.05, 4.69) is 6.07 Å². The van der Waals surface area contributed by atoms with Gasteiger partial charge in [0.1, 0.15) is 5.75 Å². The van der Waals surface area contributed by atoms with Crippen LogP contribution in [0.2, 0.25) is 0 Å². The first-order valence-electron chi connectivity index (χ1n) is 6.81. The van der Waals surface area contributed by atoms with E-state index in [1.165, 1.54) is 5.56 Å². The first-order chi connectivity index (χ1) is 9.11. The van der Waals surface area contributed by atoms with Gasteiger partial charge in [-0.2, -0.15) is 0 Å². The predicted molar refractivity (Wildman–Crippen MR) is 82.4 cm³/mol. The summed E-state index contributed by atoms with van der Waals surface area (Å²) >= 11 is 0. The van der Waals surface area contributed by atoms with Crippen molar-refractivity contribution in [1.29, 1.82) is 0 Å². The van der Waals surface area contributed by atoms with E-state index in [1.54, 1.807) is 0 Å². The number of halogens is 1. The van der Waals surface area contributed by atoms with Gasteiger partial charge in [0.15, 0.2) is 6.61 Å². The van der Waals surface area contributed by atoms with Gasteiger partial charge in [-0.1, -0.05) is 17.7 Å². The summed E-state index contributed by atoms with van der Waals surface area (Å²) in [5.41, 5.74) is 7.93. The number of likely N-dealkylation sites (tertiary alicyclic amines) is 1. The van der Waals surface area contributed by atoms with Crippen molar-refractivity contribution in [2.45, 2.75) is 32.7 Å². The fourth-order valence-electron chi connectivity index (χ4n) is 2.59. The van der Waals surface area contributed by atoms with Crippen molar-refractivity contribution in [1.82, 2.24) is 4.90 Å². The normalized spacial score (nSPS) is 17.8. The number of aryl methyl sites for hydroxylation is 2. The fourth-order valence-corrected chi connectivity index (χ4v) is 2.59. The lowest BCUT2D eigenvalue weighted by molar-refractivity contribution is -0.134. The quantitative estimate of drug-likeness (QED) is 0.925. The number of nitrogens with two attached hydrogens (primary N) is 1. The van der Waals surface area contributed by atoms with Gasteiger partial charge in [0.2, 0.25) is 0 Å². The Hall–Kier alpha value is -1.26. The molecule has 1 aliphatic heterocycles. The van der Waals surface area contributed by atoms with Crippen molar-refractivity contribution in [3.8, 4) is 5.75 Å². The van der Waals surface area contributed by atoms with Crippen molar-refractivity contribution in [2.24, 2.45) is 5.73 Å². The van der Waals surface area contributed by atoms with Crippen LogP contribution in [0.5, 0.6) is 5.75 Å². The molecule has 0 spiro atoms. The highest BCUT2D eigenvalue weighted by Gasteiger charge is 2.27. The first-order valence-corrected chi connectivity index (χ1v) is 6.81. The van der Waals surface area contributed by atoms with E-state index in [9.17, 15) is 4.79 Å². The summed E-state index contributed by atoms with van der Waals surface area (Å²) in [4.78, 5) is 14.0. The third-order valence-corrected chi connectivity index (χ3v) is 3.65. The molecule has 2 rings (SSSR count). The largest absolute Gasteiger partial charge is 0.484 e. The summed E-state index contributed by atoms with van der Waals surface area (Å²) in [5.74, 6) is 0.815. The number of benzene rings is 1. The molecular weight excluding hydrogens is 276 g/mol. The second-order valence-electron chi connectivity index (χ2n) is 5.18. The molecule has 1 saturated heterocycles. The van der Waals surface area contributed by atoms with Crippen molar-refractivity contribution in [3.05, 3.63) is 29.3 Å². The molecule has 5 heteroatoms. The molecule has 20 heavy (non-hydrogen) atoms. The third kappa shape index (κ3) is 3.87. The summed E-state index contributed by atoms with van der Waals surface area (Å²) in [5, 5.41) is 0. The van der Waals surface area contributed by atoms with Gasteiger partial charge in [-0.05, 0) is 38.3 Å². The minimum Gasteiger partial charge on any atom is -0.484 e. The van der Waals surface area contributed by atoms with Gasteiger partial charge in [0.05, 0.1) is 0 Å². The zero-order valence-corrected chi connectivity index (χ0v) is 12.9. The highest BCUT2D eigenvalue weighted by Crippen LogP contribution is 2.20. The molecule has 1 unspecified atom stereocenters. The second-order valence-corrected chi connectivity index (χ2v) is 5.18. The molecule has 0 aromatic heterocycles. The van der Waals surface area contributed by atoms with Gasteiger partial charge in [0, 0.05) is 19.1 Å². The summed E-state index contributed by atoms with van der Waals surface area (Å²) in [6, 6.07) is 6.15. The number of nitrogens with zero attached hydrogens (tertiary/aromatic N) is 1. The van der Waals surface area contributed by atoms with Gasteiger partial charge >= 0.3 is 0 Å². The van der Waals surface area contributed by atoms with Crippen LogP contribution in [-0.4, -0.2) is 36.5 Å². The molecule has 4 nitrogen and oxygen atoms in total. The molecule has 1 amide bonds. The average Bonchev–Trinajstić information content (AvgIpc) is 2.85. The Kier molecular flexibility index (Phi) is 6.30. The van der Waals surface area contributed by atoms with Crippen molar-refractivity contribution < 1.29 is 9.53 Å². The first kappa shape index (κ1) is 16.8. The monoisotopic (exact) mass is 298 g/mol. The molecule has 0 radical (unpaired) electrons. The minimum atomic E-state index is 0. The number of rotatable bonds is 4. The lowest BCUT2D eigenvalue weighted by atomic mass is 10.1. The van der Waals surface area contributed by atoms with Crippen LogP contribution in [0.1, 0.15) is 24.0 Å². The Morgan fingerprint density at radius 1 is 1.45 bits per heavy atom. The molecule has 1 aromatic rings. The van der Waals surface area contributed by atoms with Gasteiger partial charge in [0.25, 0.3) is 5.91 Å². The number of hydrogen-bond donors (Lipinski definition) is 1. The maximum absolute atomic E-state index is 12.1. The summed E-state index contributed by atoms with van der Waals surface area (Å²) in [6.07, 6.45) is 2.04. The number of carbonyl (C=O) groups excluding carboxylic acids is 1. The van der Waals surface area contributed by atoms with Crippen LogP contribution in [0, 0.1) is 13.8 Å². The minimum absolute atomic E-state index is 0. The van der Waals surface area contributed by atoms with E-state index in [1.807, 2.05) is 30.9 Å². The lowest BCUT2D eigenvalue weighted by Crippen LogP contribution is -2.42. The molecule has 1 aromatic carbocycles. The molecular formula is C15H23ClN2O2. The van der Waals surface area contributed by atoms with Crippen LogP contribution >= 0.6 is 12.4 Å². The zero-order valence-electron chi connectivity index (χ0n) is 12.1. The summed E-state index contributed by atoms with van der Waals surface area (Å²) in [7, 11) is 0. The van der Waals surface area contributed by atoms with E-state index < -0.39 is 0 Å². The number of carbonyl (C=O) groups is 1. The van der Waals surface area contributed by atoms with Gasteiger partial charge in [-0.15, -0.1) is 12.4 Å². The molecule has 0 bridgehead atoms. The van der Waals surface area contributed by atoms with E-state index in [4.69, 9.17) is 10.5 Å². The maximum atomic E-state index is 12.1. The standard InChI is InChI=1S/C15H22N2O2.ClH/c1-11-5-6-14(12(2)8-11)19-10-15(18)17-7-3-4-13(17)9-16;/h5-6,8,13H,3-4,7,9-10,16H2,1-2H3;1H. The van der Waals surface area contributed by atoms with Crippen LogP contribution in [0.15, 0.2) is 18.2 Å². The van der Waals surface area contributed by atoms with Crippen LogP contribution in [-0.2, 0) is 4.79 Å². The predicted octanol–water partition coefficient (Wildman–Crippen LogP) is 2.05. The van der Waals surface area contributed by atoms with E-state index in [0.29, 0.717) is 6.54 Å². The van der Waals surface area contributed by atoms with Crippen LogP contribution in [0.4, 0.5) is 0 Å². The van der Waals surface area contributed by atoms with Crippen LogP contribution < -0.4 is 10.5 Å². The Bertz CT molecular complexity index is 465. The highest BCUT2D eigenvalue weighted by molar-refractivity contribution is 5.85. The SMILES string of the molecule is Cc1ccc(OCC(=O)N2CCCC2CN)c(C)c1.Cl. The maximum Gasteiger partial charge on any atom is 0.260 e. The number of ether oxygens (including phenoxy) is 1. The number of amides is 1. The topological polar surface area (TPSA) is 55.6 Å². The van der Waals surface area contributed by atoms with E-state index >= 15 is 0 Å². The Morgan fingerprint density at radius 2 is 2.20 bits per heavy atom. The third-order valence-electron chi connectivity index (χ3n) is 3.65. The lowest BCUT2D eigenvalue weighted by Gasteiger charge is -2.23. The smallest absolute Gasteiger partial charge is 0.260 e. The van der Waals surface area contributed by atoms with E-state index in [-0.39, 0.29) is 31.0 Å². The molecule has 0 saturated carbocycles. The molecule has 1 aliphatic rings. The van der Waals surface area contributed by atoms with Gasteiger partial charge < -0.3 is 15.4 Å². The van der Waals surface area contributed by atoms with Gasteiger partial charge in [-0.3, -0.25) is 4.79 Å². The molecule has 1 atom stereocenters. The summed E-state index contributed by atoms with van der Waals surface area (Å²) in [6.45, 7) is 5.47. The van der Waals surface area contributed by atoms with E-state index in [0.717, 1.165) is 30.7 Å². The van der Waals surface area contributed by atoms with Crippen LogP contribution in [0.25, 0.3) is 0 Å². The number of hydrogen-bond acceptors (Lipinski definition) is 3. The molecule has 2 N–H and O–H groups in total. The Balaban J connectivity index is 0.00000200. The summed E-state index contributed by atoms with van der Waals surface area (Å²) < 4.78 is 5.63. The van der Waals surface area contributed by atoms with Gasteiger partial charge in [-0.25, -0.2) is 0 Å². The van der Waals surface area contributed by atoms with Crippen LogP contribution in [0.3, 0.4) is 0 Å². The molecule has 112 valence electrons. The molecule has 0 aliphatic carbocycles. The molecule has 1 fully saturated rings. The highest BCUT2D eigenvalue weighted by atomic mass is 35.5. The van der Waals surface area contributed by atoms with Crippen molar-refractivity contribution in [3.63, 3.8) is 0 Å². The van der Waals surface area contributed by atoms with Crippen molar-refractivity contribution in [2.75, 3.05) is 19.7 Å². The zero-order chi connectivity index (χ0) is 13.8. The fraction of sp³-hybridized carbons (Fsp3) is 0.533. The van der Waals surface area contributed by atoms with Crippen molar-refractivity contribution >= 4 is 18.3 Å². The molecule has 1 heterocycles. The average molecular weight is 299 g/mol. The Morgan fingerprint density at radius 3 is 2.85 bits per heavy atom.